The SMILES string of the molecule is CC(C)C(NC1CCC(C)C(C)C1)c1cccs1. The first-order valence-corrected chi connectivity index (χ1v) is 8.25. The molecule has 4 atom stereocenters. The Morgan fingerprint density at radius 3 is 2.56 bits per heavy atom. The van der Waals surface area contributed by atoms with Crippen molar-refractivity contribution in [3.05, 3.63) is 22.4 Å². The molecule has 2 rings (SSSR count). The average Bonchev–Trinajstić information content (AvgIpc) is 2.83. The zero-order chi connectivity index (χ0) is 13.1. The molecule has 1 nitrogen and oxygen atoms in total. The molecule has 0 aliphatic heterocycles. The lowest BCUT2D eigenvalue weighted by Crippen LogP contribution is -2.39. The molecule has 1 aromatic rings. The lowest BCUT2D eigenvalue weighted by atomic mass is 9.78. The van der Waals surface area contributed by atoms with Crippen LogP contribution in [0.4, 0.5) is 0 Å². The molecule has 1 heterocycles. The van der Waals surface area contributed by atoms with Crippen LogP contribution in [0.15, 0.2) is 17.5 Å². The molecule has 0 aromatic carbocycles. The molecule has 0 bridgehead atoms. The second kappa shape index (κ2) is 6.21. The molecule has 0 radical (unpaired) electrons. The van der Waals surface area contributed by atoms with Gasteiger partial charge >= 0.3 is 0 Å². The molecule has 102 valence electrons. The molecule has 0 spiro atoms. The van der Waals surface area contributed by atoms with Gasteiger partial charge in [0.05, 0.1) is 0 Å². The van der Waals surface area contributed by atoms with Crippen LogP contribution in [-0.2, 0) is 0 Å². The average molecular weight is 265 g/mol. The fourth-order valence-corrected chi connectivity index (χ4v) is 3.98. The van der Waals surface area contributed by atoms with E-state index in [9.17, 15) is 0 Å². The van der Waals surface area contributed by atoms with E-state index in [2.05, 4.69) is 50.5 Å². The Balaban J connectivity index is 1.98. The Hall–Kier alpha value is -0.340. The van der Waals surface area contributed by atoms with Crippen molar-refractivity contribution in [3.63, 3.8) is 0 Å². The van der Waals surface area contributed by atoms with Gasteiger partial charge in [0.15, 0.2) is 0 Å². The van der Waals surface area contributed by atoms with Crippen LogP contribution in [-0.4, -0.2) is 6.04 Å². The molecule has 0 amide bonds. The van der Waals surface area contributed by atoms with E-state index in [-0.39, 0.29) is 0 Å². The zero-order valence-corrected chi connectivity index (χ0v) is 13.0. The second-order valence-corrected chi connectivity index (χ2v) is 7.35. The maximum atomic E-state index is 3.92. The lowest BCUT2D eigenvalue weighted by molar-refractivity contribution is 0.205. The van der Waals surface area contributed by atoms with Gasteiger partial charge in [0.1, 0.15) is 0 Å². The fourth-order valence-electron chi connectivity index (χ4n) is 3.02. The Morgan fingerprint density at radius 1 is 1.22 bits per heavy atom. The van der Waals surface area contributed by atoms with E-state index in [1.807, 2.05) is 11.3 Å². The lowest BCUT2D eigenvalue weighted by Gasteiger charge is -2.36. The maximum absolute atomic E-state index is 3.92. The first-order valence-electron chi connectivity index (χ1n) is 7.37. The predicted octanol–water partition coefficient (Wildman–Crippen LogP) is 4.86. The second-order valence-electron chi connectivity index (χ2n) is 6.37. The third-order valence-corrected chi connectivity index (χ3v) is 5.49. The molecule has 18 heavy (non-hydrogen) atoms. The molecular formula is C16H27NS. The highest BCUT2D eigenvalue weighted by Gasteiger charge is 2.27. The van der Waals surface area contributed by atoms with Crippen LogP contribution in [0.5, 0.6) is 0 Å². The van der Waals surface area contributed by atoms with Crippen LogP contribution in [0.25, 0.3) is 0 Å². The largest absolute Gasteiger partial charge is 0.306 e. The molecule has 4 unspecified atom stereocenters. The molecule has 1 aliphatic rings. The van der Waals surface area contributed by atoms with Gasteiger partial charge in [0, 0.05) is 17.0 Å². The van der Waals surface area contributed by atoms with Crippen molar-refractivity contribution in [1.29, 1.82) is 0 Å². The first kappa shape index (κ1) is 14.1. The van der Waals surface area contributed by atoms with Crippen molar-refractivity contribution in [2.75, 3.05) is 0 Å². The summed E-state index contributed by atoms with van der Waals surface area (Å²) in [7, 11) is 0. The highest BCUT2D eigenvalue weighted by atomic mass is 32.1. The summed E-state index contributed by atoms with van der Waals surface area (Å²) in [5, 5.41) is 6.11. The minimum absolute atomic E-state index is 0.538. The summed E-state index contributed by atoms with van der Waals surface area (Å²) in [4.78, 5) is 1.50. The summed E-state index contributed by atoms with van der Waals surface area (Å²) in [6.07, 6.45) is 4.07. The minimum Gasteiger partial charge on any atom is -0.306 e. The van der Waals surface area contributed by atoms with Gasteiger partial charge in [0.25, 0.3) is 0 Å². The summed E-state index contributed by atoms with van der Waals surface area (Å²) in [6.45, 7) is 9.46. The summed E-state index contributed by atoms with van der Waals surface area (Å²) in [6, 6.07) is 5.70. The van der Waals surface area contributed by atoms with Gasteiger partial charge in [-0.3, -0.25) is 0 Å². The highest BCUT2D eigenvalue weighted by Crippen LogP contribution is 2.33. The van der Waals surface area contributed by atoms with Gasteiger partial charge in [-0.1, -0.05) is 33.8 Å². The first-order chi connectivity index (χ1) is 8.58. The highest BCUT2D eigenvalue weighted by molar-refractivity contribution is 7.10. The van der Waals surface area contributed by atoms with Gasteiger partial charge in [-0.05, 0) is 48.5 Å². The van der Waals surface area contributed by atoms with E-state index in [0.29, 0.717) is 18.0 Å². The quantitative estimate of drug-likeness (QED) is 0.820. The van der Waals surface area contributed by atoms with E-state index in [1.54, 1.807) is 0 Å². The van der Waals surface area contributed by atoms with Crippen LogP contribution in [0, 0.1) is 17.8 Å². The molecule has 1 saturated carbocycles. The number of rotatable bonds is 4. The molecule has 1 aromatic heterocycles. The predicted molar refractivity (Wildman–Crippen MR) is 81.0 cm³/mol. The topological polar surface area (TPSA) is 12.0 Å². The van der Waals surface area contributed by atoms with Crippen LogP contribution >= 0.6 is 11.3 Å². The minimum atomic E-state index is 0.538. The third-order valence-electron chi connectivity index (χ3n) is 4.53. The number of hydrogen-bond acceptors (Lipinski definition) is 2. The van der Waals surface area contributed by atoms with Crippen molar-refractivity contribution in [2.45, 2.75) is 59.0 Å². The van der Waals surface area contributed by atoms with Crippen molar-refractivity contribution in [1.82, 2.24) is 5.32 Å². The molecule has 0 saturated heterocycles. The van der Waals surface area contributed by atoms with E-state index in [4.69, 9.17) is 0 Å². The molecule has 2 heteroatoms. The fraction of sp³-hybridized carbons (Fsp3) is 0.750. The summed E-state index contributed by atoms with van der Waals surface area (Å²) >= 11 is 1.89. The maximum Gasteiger partial charge on any atom is 0.0440 e. The number of thiophene rings is 1. The Kier molecular flexibility index (Phi) is 4.85. The zero-order valence-electron chi connectivity index (χ0n) is 12.1. The Morgan fingerprint density at radius 2 is 2.00 bits per heavy atom. The Labute approximate surface area is 116 Å². The summed E-state index contributed by atoms with van der Waals surface area (Å²) < 4.78 is 0. The van der Waals surface area contributed by atoms with Crippen LogP contribution in [0.3, 0.4) is 0 Å². The molecular weight excluding hydrogens is 238 g/mol. The van der Waals surface area contributed by atoms with Crippen LogP contribution in [0.2, 0.25) is 0 Å². The van der Waals surface area contributed by atoms with Crippen molar-refractivity contribution < 1.29 is 0 Å². The molecule has 1 N–H and O–H groups in total. The number of hydrogen-bond donors (Lipinski definition) is 1. The summed E-state index contributed by atoms with van der Waals surface area (Å²) in [5.74, 6) is 2.44. The van der Waals surface area contributed by atoms with Crippen LogP contribution < -0.4 is 5.32 Å². The Bertz CT molecular complexity index is 344. The third kappa shape index (κ3) is 3.36. The van der Waals surface area contributed by atoms with Gasteiger partial charge in [0.2, 0.25) is 0 Å². The van der Waals surface area contributed by atoms with E-state index in [1.165, 1.54) is 24.1 Å². The monoisotopic (exact) mass is 265 g/mol. The van der Waals surface area contributed by atoms with E-state index < -0.39 is 0 Å². The van der Waals surface area contributed by atoms with Gasteiger partial charge in [-0.25, -0.2) is 0 Å². The van der Waals surface area contributed by atoms with Gasteiger partial charge in [-0.15, -0.1) is 11.3 Å². The normalized spacial score (nSPS) is 30.6. The van der Waals surface area contributed by atoms with Gasteiger partial charge in [-0.2, -0.15) is 0 Å². The molecule has 1 aliphatic carbocycles. The summed E-state index contributed by atoms with van der Waals surface area (Å²) in [5.41, 5.74) is 0. The van der Waals surface area contributed by atoms with Crippen LogP contribution in [0.1, 0.15) is 57.9 Å². The van der Waals surface area contributed by atoms with Gasteiger partial charge < -0.3 is 5.32 Å². The number of nitrogens with one attached hydrogen (secondary N) is 1. The van der Waals surface area contributed by atoms with Crippen molar-refractivity contribution in [2.24, 2.45) is 17.8 Å². The van der Waals surface area contributed by atoms with Crippen molar-refractivity contribution in [3.8, 4) is 0 Å². The van der Waals surface area contributed by atoms with E-state index in [0.717, 1.165) is 11.8 Å². The standard InChI is InChI=1S/C16H27NS/c1-11(2)16(15-6-5-9-18-15)17-14-8-7-12(3)13(4)10-14/h5-6,9,11-14,16-17H,7-8,10H2,1-4H3. The smallest absolute Gasteiger partial charge is 0.0440 e. The van der Waals surface area contributed by atoms with E-state index >= 15 is 0 Å². The molecule has 1 fully saturated rings. The van der Waals surface area contributed by atoms with Crippen molar-refractivity contribution >= 4 is 11.3 Å².